The first-order chi connectivity index (χ1) is 37.2. The number of carbonyl (C=O) groups is 10. The monoisotopic (exact) mass is 1120 g/mol. The molecule has 0 saturated heterocycles. The van der Waals surface area contributed by atoms with E-state index in [1.807, 2.05) is 27.7 Å². The average molecular weight is 1120 g/mol. The lowest BCUT2D eigenvalue weighted by Crippen LogP contribution is -2.60. The van der Waals surface area contributed by atoms with E-state index in [0.29, 0.717) is 44.4 Å². The zero-order valence-corrected chi connectivity index (χ0v) is 49.3. The molecule has 0 aromatic carbocycles. The van der Waals surface area contributed by atoms with Gasteiger partial charge in [0, 0.05) is 78.8 Å². The predicted octanol–water partition coefficient (Wildman–Crippen LogP) is 3.96. The summed E-state index contributed by atoms with van der Waals surface area (Å²) in [6.07, 6.45) is 6.68. The van der Waals surface area contributed by atoms with Gasteiger partial charge in [0.05, 0.1) is 18.6 Å². The highest BCUT2D eigenvalue weighted by molar-refractivity contribution is 6.12. The van der Waals surface area contributed by atoms with Crippen molar-refractivity contribution in [3.8, 4) is 0 Å². The third kappa shape index (κ3) is 26.0. The third-order valence-electron chi connectivity index (χ3n) is 13.8. The van der Waals surface area contributed by atoms with E-state index >= 15 is 0 Å². The zero-order chi connectivity index (χ0) is 59.9. The summed E-state index contributed by atoms with van der Waals surface area (Å²) in [7, 11) is 6.25. The van der Waals surface area contributed by atoms with Crippen molar-refractivity contribution in [2.75, 3.05) is 61.2 Å². The largest absolute Gasteiger partial charge is 0.445 e. The molecule has 79 heavy (non-hydrogen) atoms. The standard InChI is InChI=1S/C56H96N10O13/c1-15-39(9)50(42(78-14)33-44(68)58-29-19-17-21-32-77-13)64(11)54(74)48(36(4)5)63-53(73)49(37(6)7)65(12)56(76)79-34-38(8)25-26-40(10)60-51(71)41(23-22-30-59-55(57)75)61-52(72)47(35(2)3)62-43(67)24-18-16-20-31-66-45(69)27-28-46(66)70/h27-28,35-37,39,41-42,47-50H,8,10,15-26,29-34H2,1-7,9,11-14H3,(H,58,68)(H,60,71)(H,61,72)(H,62,67)(H,63,73)(H3,57,59,75). The van der Waals surface area contributed by atoms with Crippen LogP contribution in [-0.4, -0.2) is 172 Å². The van der Waals surface area contributed by atoms with E-state index in [4.69, 9.17) is 19.9 Å². The van der Waals surface area contributed by atoms with Crippen LogP contribution in [0.3, 0.4) is 0 Å². The minimum absolute atomic E-state index is 0.0339. The van der Waals surface area contributed by atoms with Crippen molar-refractivity contribution < 1.29 is 62.2 Å². The fourth-order valence-electron chi connectivity index (χ4n) is 8.97. The summed E-state index contributed by atoms with van der Waals surface area (Å²) in [5.41, 5.74) is 5.94. The minimum atomic E-state index is -1.11. The number of ether oxygens (including phenoxy) is 3. The number of nitrogens with two attached hydrogens (primary N) is 1. The first-order valence-electron chi connectivity index (χ1n) is 27.8. The van der Waals surface area contributed by atoms with Gasteiger partial charge in [-0.15, -0.1) is 0 Å². The van der Waals surface area contributed by atoms with E-state index in [1.165, 1.54) is 31.2 Å². The van der Waals surface area contributed by atoms with Crippen LogP contribution in [0.4, 0.5) is 9.59 Å². The molecule has 0 aromatic heterocycles. The second kappa shape index (κ2) is 37.5. The second-order valence-corrected chi connectivity index (χ2v) is 21.4. The van der Waals surface area contributed by atoms with Crippen LogP contribution in [0.5, 0.6) is 0 Å². The SMILES string of the molecule is C=C(CCC(=C)NC(=O)C(CCCNC(N)=O)NC(=O)C(NC(=O)CCCCCN1C(=O)C=CC1=O)C(C)C)COC(=O)N(C)C(C(=O)NC(C(=O)N(C)C(C(C)CC)C(CC(=O)NCCCCCOC)OC)C(C)C)C(C)C. The van der Waals surface area contributed by atoms with Crippen molar-refractivity contribution in [2.45, 2.75) is 175 Å². The number of likely N-dealkylation sites (N-methyl/N-ethyl adjacent to an activating group) is 2. The first-order valence-corrected chi connectivity index (χ1v) is 27.8. The van der Waals surface area contributed by atoms with Gasteiger partial charge < -0.3 is 56.7 Å². The molecule has 1 rings (SSSR count). The summed E-state index contributed by atoms with van der Waals surface area (Å²) in [6.45, 7) is 23.9. The first kappa shape index (κ1) is 70.7. The Hall–Kier alpha value is -6.36. The maximum atomic E-state index is 14.4. The van der Waals surface area contributed by atoms with Gasteiger partial charge in [0.15, 0.2) is 0 Å². The fourth-order valence-corrected chi connectivity index (χ4v) is 8.97. The lowest BCUT2D eigenvalue weighted by atomic mass is 9.89. The van der Waals surface area contributed by atoms with Crippen LogP contribution in [0.2, 0.25) is 0 Å². The number of urea groups is 1. The molecular formula is C56H96N10O13. The lowest BCUT2D eigenvalue weighted by molar-refractivity contribution is -0.144. The maximum Gasteiger partial charge on any atom is 0.410 e. The van der Waals surface area contributed by atoms with Gasteiger partial charge in [-0.25, -0.2) is 9.59 Å². The lowest BCUT2D eigenvalue weighted by Gasteiger charge is -2.40. The number of nitrogens with one attached hydrogen (secondary N) is 6. The van der Waals surface area contributed by atoms with Crippen LogP contribution in [-0.2, 0) is 52.6 Å². The number of carbonyl (C=O) groups excluding carboxylic acids is 10. The molecule has 23 heteroatoms. The Bertz CT molecular complexity index is 2060. The Kier molecular flexibility index (Phi) is 33.5. The third-order valence-corrected chi connectivity index (χ3v) is 13.8. The van der Waals surface area contributed by atoms with Crippen molar-refractivity contribution >= 4 is 59.4 Å². The summed E-state index contributed by atoms with van der Waals surface area (Å²) in [5.74, 6) is -4.66. The average Bonchev–Trinajstić information content (AvgIpc) is 3.71. The second-order valence-electron chi connectivity index (χ2n) is 21.4. The number of rotatable bonds is 40. The number of hydrogen-bond acceptors (Lipinski definition) is 13. The molecule has 0 bridgehead atoms. The molecule has 23 nitrogen and oxygen atoms in total. The van der Waals surface area contributed by atoms with Gasteiger partial charge in [0.25, 0.3) is 11.8 Å². The number of nitrogens with zero attached hydrogens (tertiary/aromatic N) is 3. The van der Waals surface area contributed by atoms with E-state index in [2.05, 4.69) is 45.1 Å². The van der Waals surface area contributed by atoms with Gasteiger partial charge >= 0.3 is 12.1 Å². The molecule has 0 aliphatic carbocycles. The quantitative estimate of drug-likeness (QED) is 0.0260. The number of amides is 11. The predicted molar refractivity (Wildman–Crippen MR) is 300 cm³/mol. The van der Waals surface area contributed by atoms with Crippen molar-refractivity contribution in [1.29, 1.82) is 0 Å². The molecule has 7 atom stereocenters. The Morgan fingerprint density at radius 1 is 0.684 bits per heavy atom. The highest BCUT2D eigenvalue weighted by Crippen LogP contribution is 2.24. The smallest absolute Gasteiger partial charge is 0.410 e. The van der Waals surface area contributed by atoms with Gasteiger partial charge in [-0.3, -0.25) is 48.2 Å². The molecule has 448 valence electrons. The Morgan fingerprint density at radius 2 is 1.30 bits per heavy atom. The zero-order valence-electron chi connectivity index (χ0n) is 49.3. The highest BCUT2D eigenvalue weighted by Gasteiger charge is 2.40. The molecule has 1 heterocycles. The normalized spacial score (nSPS) is 14.8. The van der Waals surface area contributed by atoms with Gasteiger partial charge in [0.1, 0.15) is 30.8 Å². The van der Waals surface area contributed by atoms with Gasteiger partial charge in [-0.2, -0.15) is 0 Å². The fraction of sp³-hybridized carbons (Fsp3) is 0.714. The van der Waals surface area contributed by atoms with Crippen LogP contribution in [0.1, 0.15) is 139 Å². The number of unbranched alkanes of at least 4 members (excludes halogenated alkanes) is 4. The number of hydrogen-bond donors (Lipinski definition) is 7. The molecule has 0 fully saturated rings. The molecule has 8 N–H and O–H groups in total. The minimum Gasteiger partial charge on any atom is -0.445 e. The molecular weight excluding hydrogens is 1020 g/mol. The molecule has 1 aliphatic rings. The Labute approximate surface area is 469 Å². The molecule has 0 spiro atoms. The van der Waals surface area contributed by atoms with E-state index < -0.39 is 72.1 Å². The summed E-state index contributed by atoms with van der Waals surface area (Å²) in [6, 6.07) is -5.39. The highest BCUT2D eigenvalue weighted by atomic mass is 16.6. The van der Waals surface area contributed by atoms with Crippen LogP contribution in [0, 0.1) is 23.7 Å². The summed E-state index contributed by atoms with van der Waals surface area (Å²) in [5, 5.41) is 16.5. The maximum absolute atomic E-state index is 14.4. The summed E-state index contributed by atoms with van der Waals surface area (Å²) >= 11 is 0. The molecule has 0 radical (unpaired) electrons. The summed E-state index contributed by atoms with van der Waals surface area (Å²) in [4.78, 5) is 134. The van der Waals surface area contributed by atoms with E-state index in [9.17, 15) is 47.9 Å². The number of methoxy groups -OCH3 is 2. The van der Waals surface area contributed by atoms with E-state index in [-0.39, 0.29) is 111 Å². The Morgan fingerprint density at radius 3 is 1.87 bits per heavy atom. The number of allylic oxidation sites excluding steroid dienone is 1. The Balaban J connectivity index is 2.94. The van der Waals surface area contributed by atoms with E-state index in [0.717, 1.165) is 24.2 Å². The number of primary amides is 1. The van der Waals surface area contributed by atoms with Crippen LogP contribution in [0.25, 0.3) is 0 Å². The molecule has 0 aromatic rings. The molecule has 11 amide bonds. The van der Waals surface area contributed by atoms with Crippen molar-refractivity contribution in [3.05, 3.63) is 36.6 Å². The van der Waals surface area contributed by atoms with E-state index in [1.54, 1.807) is 46.8 Å². The van der Waals surface area contributed by atoms with Gasteiger partial charge in [0.2, 0.25) is 35.4 Å². The van der Waals surface area contributed by atoms with Crippen molar-refractivity contribution in [3.63, 3.8) is 0 Å². The van der Waals surface area contributed by atoms with Crippen molar-refractivity contribution in [2.24, 2.45) is 29.4 Å². The topological polar surface area (TPSA) is 306 Å². The van der Waals surface area contributed by atoms with Crippen molar-refractivity contribution in [1.82, 2.24) is 46.6 Å². The van der Waals surface area contributed by atoms with Crippen LogP contribution >= 0.6 is 0 Å². The van der Waals surface area contributed by atoms with Gasteiger partial charge in [-0.05, 0) is 87.0 Å². The molecule has 1 aliphatic heterocycles. The number of imide groups is 1. The molecule has 7 unspecified atom stereocenters. The summed E-state index contributed by atoms with van der Waals surface area (Å²) < 4.78 is 16.5. The van der Waals surface area contributed by atoms with Gasteiger partial charge in [-0.1, -0.05) is 81.4 Å². The van der Waals surface area contributed by atoms with Crippen LogP contribution < -0.4 is 37.6 Å². The molecule has 0 saturated carbocycles. The van der Waals surface area contributed by atoms with Crippen LogP contribution in [0.15, 0.2) is 36.6 Å².